The summed E-state index contributed by atoms with van der Waals surface area (Å²) in [5.74, 6) is 4.31. The van der Waals surface area contributed by atoms with Crippen LogP contribution in [0.3, 0.4) is 0 Å². The molecule has 0 bridgehead atoms. The topological polar surface area (TPSA) is 93.1 Å². The Labute approximate surface area is 113 Å². The van der Waals surface area contributed by atoms with E-state index in [0.717, 1.165) is 0 Å². The van der Waals surface area contributed by atoms with E-state index in [1.165, 1.54) is 0 Å². The molecule has 0 atom stereocenters. The molecule has 0 aromatic heterocycles. The van der Waals surface area contributed by atoms with Gasteiger partial charge in [0.05, 0.1) is 12.3 Å². The lowest BCUT2D eigenvalue weighted by Crippen LogP contribution is -2.23. The summed E-state index contributed by atoms with van der Waals surface area (Å²) in [5, 5.41) is 0. The van der Waals surface area contributed by atoms with Crippen molar-refractivity contribution in [2.75, 3.05) is 25.5 Å². The molecule has 8 heteroatoms. The lowest BCUT2D eigenvalue weighted by atomic mass is 10.0. The minimum absolute atomic E-state index is 0.186. The fourth-order valence-electron chi connectivity index (χ4n) is 1.53. The van der Waals surface area contributed by atoms with Crippen molar-refractivity contribution in [3.63, 3.8) is 0 Å². The predicted octanol–water partition coefficient (Wildman–Crippen LogP) is 1.68. The van der Waals surface area contributed by atoms with Crippen LogP contribution in [0, 0.1) is 30.1 Å². The SMILES string of the molecule is C#CCOP(=O)(CC(C)(C)CP(=O)(O)O)OCC#C. The van der Waals surface area contributed by atoms with Crippen molar-refractivity contribution in [2.24, 2.45) is 5.41 Å². The third-order valence-electron chi connectivity index (χ3n) is 1.94. The summed E-state index contributed by atoms with van der Waals surface area (Å²) < 4.78 is 33.3. The van der Waals surface area contributed by atoms with Crippen LogP contribution in [0.4, 0.5) is 0 Å². The normalized spacial score (nSPS) is 12.7. The molecule has 6 nitrogen and oxygen atoms in total. The maximum Gasteiger partial charge on any atom is 0.333 e. The van der Waals surface area contributed by atoms with Gasteiger partial charge in [0.1, 0.15) is 13.2 Å². The second-order valence-electron chi connectivity index (χ2n) is 4.71. The largest absolute Gasteiger partial charge is 0.333 e. The Morgan fingerprint density at radius 1 is 1.05 bits per heavy atom. The summed E-state index contributed by atoms with van der Waals surface area (Å²) in [7, 11) is -7.83. The zero-order chi connectivity index (χ0) is 15.2. The first kappa shape index (κ1) is 18.4. The quantitative estimate of drug-likeness (QED) is 0.523. The molecule has 0 fully saturated rings. The molecule has 0 saturated heterocycles. The molecule has 19 heavy (non-hydrogen) atoms. The smallest absolute Gasteiger partial charge is 0.324 e. The highest BCUT2D eigenvalue weighted by molar-refractivity contribution is 7.54. The third kappa shape index (κ3) is 9.03. The summed E-state index contributed by atoms with van der Waals surface area (Å²) in [4.78, 5) is 18.0. The summed E-state index contributed by atoms with van der Waals surface area (Å²) in [6, 6.07) is 0. The average molecular weight is 308 g/mol. The summed E-state index contributed by atoms with van der Waals surface area (Å²) in [5.41, 5.74) is -0.947. The van der Waals surface area contributed by atoms with Gasteiger partial charge in [0, 0.05) is 0 Å². The molecule has 0 amide bonds. The molecule has 0 radical (unpaired) electrons. The molecule has 0 saturated carbocycles. The van der Waals surface area contributed by atoms with Crippen LogP contribution in [0.2, 0.25) is 0 Å². The van der Waals surface area contributed by atoms with Crippen molar-refractivity contribution in [3.8, 4) is 24.7 Å². The fourth-order valence-corrected chi connectivity index (χ4v) is 4.89. The maximum absolute atomic E-state index is 12.3. The van der Waals surface area contributed by atoms with E-state index in [1.54, 1.807) is 13.8 Å². The van der Waals surface area contributed by atoms with E-state index in [2.05, 4.69) is 11.8 Å². The Morgan fingerprint density at radius 2 is 1.47 bits per heavy atom. The third-order valence-corrected chi connectivity index (χ3v) is 5.50. The van der Waals surface area contributed by atoms with Crippen LogP contribution in [0.5, 0.6) is 0 Å². The van der Waals surface area contributed by atoms with Gasteiger partial charge in [0.2, 0.25) is 0 Å². The lowest BCUT2D eigenvalue weighted by Gasteiger charge is -2.28. The van der Waals surface area contributed by atoms with Crippen molar-refractivity contribution in [1.29, 1.82) is 0 Å². The summed E-state index contributed by atoms with van der Waals surface area (Å²) in [6.07, 6.45) is 9.40. The lowest BCUT2D eigenvalue weighted by molar-refractivity contribution is 0.230. The standard InChI is InChI=1S/C11H18O6P2/c1-5-7-16-19(15,17-8-6-2)10-11(3,4)9-18(12,13)14/h1-2H,7-10H2,3-4H3,(H2,12,13,14). The van der Waals surface area contributed by atoms with Crippen LogP contribution in [0.25, 0.3) is 0 Å². The van der Waals surface area contributed by atoms with Gasteiger partial charge in [0.25, 0.3) is 0 Å². The highest BCUT2D eigenvalue weighted by Gasteiger charge is 2.37. The van der Waals surface area contributed by atoms with Crippen molar-refractivity contribution in [3.05, 3.63) is 0 Å². The first-order valence-corrected chi connectivity index (χ1v) is 8.86. The van der Waals surface area contributed by atoms with Crippen molar-refractivity contribution >= 4 is 15.2 Å². The molecule has 0 aromatic rings. The molecular weight excluding hydrogens is 290 g/mol. The highest BCUT2D eigenvalue weighted by Crippen LogP contribution is 2.55. The zero-order valence-electron chi connectivity index (χ0n) is 10.9. The van der Waals surface area contributed by atoms with Crippen molar-refractivity contribution in [1.82, 2.24) is 0 Å². The predicted molar refractivity (Wildman–Crippen MR) is 72.7 cm³/mol. The van der Waals surface area contributed by atoms with Crippen molar-refractivity contribution < 1.29 is 28.0 Å². The van der Waals surface area contributed by atoms with Gasteiger partial charge in [0.15, 0.2) is 0 Å². The minimum atomic E-state index is -4.24. The number of hydrogen-bond donors (Lipinski definition) is 2. The van der Waals surface area contributed by atoms with Crippen LogP contribution >= 0.6 is 15.2 Å². The Morgan fingerprint density at radius 3 is 1.79 bits per heavy atom. The fraction of sp³-hybridized carbons (Fsp3) is 0.636. The second kappa shape index (κ2) is 7.27. The monoisotopic (exact) mass is 308 g/mol. The first-order chi connectivity index (χ1) is 8.54. The van der Waals surface area contributed by atoms with E-state index in [9.17, 15) is 9.13 Å². The summed E-state index contributed by atoms with van der Waals surface area (Å²) in [6.45, 7) is 2.65. The van der Waals surface area contributed by atoms with Gasteiger partial charge in [-0.1, -0.05) is 25.7 Å². The average Bonchev–Trinajstić information content (AvgIpc) is 2.19. The molecule has 108 valence electrons. The molecule has 0 aliphatic rings. The van der Waals surface area contributed by atoms with Crippen LogP contribution in [0.1, 0.15) is 13.8 Å². The van der Waals surface area contributed by atoms with Gasteiger partial charge in [-0.05, 0) is 5.41 Å². The van der Waals surface area contributed by atoms with E-state index in [4.69, 9.17) is 31.7 Å². The van der Waals surface area contributed by atoms with Gasteiger partial charge in [-0.3, -0.25) is 18.2 Å². The maximum atomic E-state index is 12.3. The molecule has 0 heterocycles. The van der Waals surface area contributed by atoms with Crippen LogP contribution < -0.4 is 0 Å². The molecule has 2 N–H and O–H groups in total. The summed E-state index contributed by atoms with van der Waals surface area (Å²) >= 11 is 0. The minimum Gasteiger partial charge on any atom is -0.324 e. The van der Waals surface area contributed by atoms with Crippen LogP contribution in [0.15, 0.2) is 0 Å². The second-order valence-corrected chi connectivity index (χ2v) is 8.41. The van der Waals surface area contributed by atoms with Gasteiger partial charge in [-0.15, -0.1) is 12.8 Å². The molecule has 0 aliphatic carbocycles. The van der Waals surface area contributed by atoms with Gasteiger partial charge < -0.3 is 9.79 Å². The first-order valence-electron chi connectivity index (χ1n) is 5.33. The Kier molecular flexibility index (Phi) is 7.05. The Hall–Kier alpha value is -0.580. The molecular formula is C11H18O6P2. The Balaban J connectivity index is 4.90. The molecule has 0 aliphatic heterocycles. The van der Waals surface area contributed by atoms with E-state index in [1.807, 2.05) is 0 Å². The molecule has 0 rings (SSSR count). The zero-order valence-corrected chi connectivity index (χ0v) is 12.7. The van der Waals surface area contributed by atoms with E-state index >= 15 is 0 Å². The van der Waals surface area contributed by atoms with Crippen molar-refractivity contribution in [2.45, 2.75) is 13.8 Å². The van der Waals surface area contributed by atoms with E-state index < -0.39 is 26.8 Å². The number of terminal acetylenes is 2. The molecule has 0 aromatic carbocycles. The Bertz CT molecular complexity index is 443. The van der Waals surface area contributed by atoms with E-state index in [-0.39, 0.29) is 19.4 Å². The molecule has 0 unspecified atom stereocenters. The highest BCUT2D eigenvalue weighted by atomic mass is 31.2. The van der Waals surface area contributed by atoms with Crippen LogP contribution in [-0.4, -0.2) is 35.3 Å². The number of rotatable bonds is 8. The van der Waals surface area contributed by atoms with Crippen LogP contribution in [-0.2, 0) is 18.2 Å². The van der Waals surface area contributed by atoms with Gasteiger partial charge in [-0.25, -0.2) is 0 Å². The van der Waals surface area contributed by atoms with E-state index in [0.29, 0.717) is 0 Å². The molecule has 0 spiro atoms. The van der Waals surface area contributed by atoms with Gasteiger partial charge in [-0.2, -0.15) is 0 Å². The number of hydrogen-bond acceptors (Lipinski definition) is 4. The van der Waals surface area contributed by atoms with Gasteiger partial charge >= 0.3 is 15.2 Å².